The van der Waals surface area contributed by atoms with Crippen molar-refractivity contribution in [3.8, 4) is 0 Å². The normalized spacial score (nSPS) is 11.7. The van der Waals surface area contributed by atoms with Gasteiger partial charge in [0.1, 0.15) is 0 Å². The van der Waals surface area contributed by atoms with Crippen LogP contribution in [0.25, 0.3) is 0 Å². The topological polar surface area (TPSA) is 0 Å². The van der Waals surface area contributed by atoms with Crippen LogP contribution in [-0.2, 0) is 0 Å². The predicted molar refractivity (Wildman–Crippen MR) is 113 cm³/mol. The SMILES string of the molecule is ClCCC/C=C/[Si](c1ccccc1)(c1ccccc1)c1ccccc1. The van der Waals surface area contributed by atoms with Crippen LogP contribution >= 0.6 is 11.6 Å². The van der Waals surface area contributed by atoms with Gasteiger partial charge in [0.2, 0.25) is 0 Å². The molecule has 0 heterocycles. The van der Waals surface area contributed by atoms with Crippen LogP contribution in [0.3, 0.4) is 0 Å². The van der Waals surface area contributed by atoms with Gasteiger partial charge in [-0.2, -0.15) is 0 Å². The Morgan fingerprint density at radius 1 is 0.640 bits per heavy atom. The van der Waals surface area contributed by atoms with E-state index in [2.05, 4.69) is 103 Å². The lowest BCUT2D eigenvalue weighted by atomic mass is 10.3. The van der Waals surface area contributed by atoms with Gasteiger partial charge in [-0.15, -0.1) is 11.6 Å². The number of hydrogen-bond acceptors (Lipinski definition) is 0. The van der Waals surface area contributed by atoms with Crippen LogP contribution in [0.2, 0.25) is 0 Å². The highest BCUT2D eigenvalue weighted by molar-refractivity contribution is 7.14. The second-order valence-electron chi connectivity index (χ2n) is 6.14. The molecule has 0 saturated carbocycles. The summed E-state index contributed by atoms with van der Waals surface area (Å²) < 4.78 is 0. The molecule has 0 radical (unpaired) electrons. The average molecular weight is 363 g/mol. The lowest BCUT2D eigenvalue weighted by Gasteiger charge is -2.30. The molecule has 0 nitrogen and oxygen atoms in total. The van der Waals surface area contributed by atoms with Gasteiger partial charge in [0.15, 0.2) is 8.07 Å². The van der Waals surface area contributed by atoms with Gasteiger partial charge < -0.3 is 0 Å². The van der Waals surface area contributed by atoms with Crippen molar-refractivity contribution in [2.24, 2.45) is 0 Å². The van der Waals surface area contributed by atoms with Crippen LogP contribution in [0.4, 0.5) is 0 Å². The molecule has 0 fully saturated rings. The van der Waals surface area contributed by atoms with Crippen LogP contribution in [0.1, 0.15) is 12.8 Å². The smallest absolute Gasteiger partial charge is 0.127 e. The molecule has 126 valence electrons. The molecule has 0 amide bonds. The minimum absolute atomic E-state index is 0.709. The van der Waals surface area contributed by atoms with Gasteiger partial charge in [-0.05, 0) is 28.4 Å². The Morgan fingerprint density at radius 3 is 1.40 bits per heavy atom. The number of hydrogen-bond donors (Lipinski definition) is 0. The fourth-order valence-electron chi connectivity index (χ4n) is 3.35. The van der Waals surface area contributed by atoms with E-state index in [-0.39, 0.29) is 0 Å². The van der Waals surface area contributed by atoms with Crippen molar-refractivity contribution in [1.29, 1.82) is 0 Å². The van der Waals surface area contributed by atoms with Gasteiger partial charge in [-0.25, -0.2) is 0 Å². The van der Waals surface area contributed by atoms with E-state index in [0.717, 1.165) is 12.8 Å². The Hall–Kier alpha value is -2.09. The first-order valence-corrected chi connectivity index (χ1v) is 11.4. The summed E-state index contributed by atoms with van der Waals surface area (Å²) in [6, 6.07) is 32.8. The third-order valence-electron chi connectivity index (χ3n) is 4.56. The van der Waals surface area contributed by atoms with Crippen LogP contribution in [0, 0.1) is 0 Å². The van der Waals surface area contributed by atoms with E-state index < -0.39 is 8.07 Å². The fraction of sp³-hybridized carbons (Fsp3) is 0.130. The monoisotopic (exact) mass is 362 g/mol. The van der Waals surface area contributed by atoms with Gasteiger partial charge in [-0.1, -0.05) is 103 Å². The molecule has 0 unspecified atom stereocenters. The maximum Gasteiger partial charge on any atom is 0.172 e. The number of benzene rings is 3. The molecule has 0 aliphatic heterocycles. The molecule has 3 aromatic carbocycles. The first kappa shape index (κ1) is 17.7. The summed E-state index contributed by atoms with van der Waals surface area (Å²) in [7, 11) is -2.20. The van der Waals surface area contributed by atoms with Gasteiger partial charge in [0, 0.05) is 5.88 Å². The number of unbranched alkanes of at least 4 members (excludes halogenated alkanes) is 1. The molecule has 3 rings (SSSR count). The summed E-state index contributed by atoms with van der Waals surface area (Å²) in [6.07, 6.45) is 4.37. The third kappa shape index (κ3) is 3.95. The highest BCUT2D eigenvalue weighted by atomic mass is 35.5. The first-order chi connectivity index (χ1) is 12.4. The Morgan fingerprint density at radius 2 is 1.04 bits per heavy atom. The summed E-state index contributed by atoms with van der Waals surface area (Å²) >= 11 is 5.88. The van der Waals surface area contributed by atoms with Gasteiger partial charge in [0.05, 0.1) is 0 Å². The zero-order valence-electron chi connectivity index (χ0n) is 14.3. The Bertz CT molecular complexity index is 685. The van der Waals surface area contributed by atoms with Gasteiger partial charge >= 0.3 is 0 Å². The molecule has 2 heteroatoms. The largest absolute Gasteiger partial charge is 0.172 e. The summed E-state index contributed by atoms with van der Waals surface area (Å²) in [6.45, 7) is 0. The molecule has 0 aliphatic carbocycles. The van der Waals surface area contributed by atoms with Crippen LogP contribution < -0.4 is 15.6 Å². The molecule has 0 N–H and O–H groups in total. The number of alkyl halides is 1. The van der Waals surface area contributed by atoms with Gasteiger partial charge in [0.25, 0.3) is 0 Å². The maximum atomic E-state index is 5.88. The molecule has 25 heavy (non-hydrogen) atoms. The molecular formula is C23H23ClSi. The minimum Gasteiger partial charge on any atom is -0.127 e. The summed E-state index contributed by atoms with van der Waals surface area (Å²) in [4.78, 5) is 0. The van der Waals surface area contributed by atoms with Crippen molar-refractivity contribution >= 4 is 35.2 Å². The van der Waals surface area contributed by atoms with Crippen molar-refractivity contribution in [3.05, 3.63) is 103 Å². The summed E-state index contributed by atoms with van der Waals surface area (Å²) in [5.74, 6) is 0.709. The van der Waals surface area contributed by atoms with E-state index >= 15 is 0 Å². The average Bonchev–Trinajstić information content (AvgIpc) is 2.70. The quantitative estimate of drug-likeness (QED) is 0.255. The second-order valence-corrected chi connectivity index (χ2v) is 10.2. The predicted octanol–water partition coefficient (Wildman–Crippen LogP) is 4.27. The van der Waals surface area contributed by atoms with E-state index in [9.17, 15) is 0 Å². The zero-order valence-corrected chi connectivity index (χ0v) is 16.1. The minimum atomic E-state index is -2.20. The van der Waals surface area contributed by atoms with Crippen molar-refractivity contribution in [1.82, 2.24) is 0 Å². The molecular weight excluding hydrogens is 340 g/mol. The van der Waals surface area contributed by atoms with Crippen molar-refractivity contribution < 1.29 is 0 Å². The highest BCUT2D eigenvalue weighted by Crippen LogP contribution is 2.10. The van der Waals surface area contributed by atoms with Crippen LogP contribution in [0.15, 0.2) is 103 Å². The third-order valence-corrected chi connectivity index (χ3v) is 9.29. The maximum absolute atomic E-state index is 5.88. The molecule has 0 atom stereocenters. The second kappa shape index (κ2) is 8.84. The van der Waals surface area contributed by atoms with Crippen LogP contribution in [-0.4, -0.2) is 14.0 Å². The Balaban J connectivity index is 2.22. The first-order valence-electron chi connectivity index (χ1n) is 8.78. The summed E-state index contributed by atoms with van der Waals surface area (Å²) in [5.41, 5.74) is 2.49. The zero-order chi connectivity index (χ0) is 17.4. The highest BCUT2D eigenvalue weighted by Gasteiger charge is 2.36. The van der Waals surface area contributed by atoms with Gasteiger partial charge in [-0.3, -0.25) is 0 Å². The molecule has 0 saturated heterocycles. The molecule has 0 spiro atoms. The van der Waals surface area contributed by atoms with Crippen LogP contribution in [0.5, 0.6) is 0 Å². The van der Waals surface area contributed by atoms with Crippen molar-refractivity contribution in [2.75, 3.05) is 5.88 Å². The molecule has 0 aromatic heterocycles. The van der Waals surface area contributed by atoms with E-state index in [1.54, 1.807) is 0 Å². The fourth-order valence-corrected chi connectivity index (χ4v) is 7.75. The van der Waals surface area contributed by atoms with Crippen molar-refractivity contribution in [3.63, 3.8) is 0 Å². The number of allylic oxidation sites excluding steroid dienone is 1. The Kier molecular flexibility index (Phi) is 6.27. The molecule has 0 bridgehead atoms. The molecule has 3 aromatic rings. The van der Waals surface area contributed by atoms with E-state index in [0.29, 0.717) is 5.88 Å². The lowest BCUT2D eigenvalue weighted by Crippen LogP contribution is -2.66. The molecule has 0 aliphatic rings. The summed E-state index contributed by atoms with van der Waals surface area (Å²) in [5, 5.41) is 4.23. The van der Waals surface area contributed by atoms with E-state index in [4.69, 9.17) is 11.6 Å². The van der Waals surface area contributed by atoms with E-state index in [1.807, 2.05) is 0 Å². The Labute approximate surface area is 156 Å². The van der Waals surface area contributed by atoms with Crippen molar-refractivity contribution in [2.45, 2.75) is 12.8 Å². The lowest BCUT2D eigenvalue weighted by molar-refractivity contribution is 0.967. The van der Waals surface area contributed by atoms with E-state index in [1.165, 1.54) is 15.6 Å². The number of rotatable bonds is 7. The standard InChI is InChI=1S/C23H23ClSi/c24-19-11-4-12-20-25(21-13-5-1-6-14-21,22-15-7-2-8-16-22)23-17-9-3-10-18-23/h1-3,5-10,12-18,20H,4,11,19H2/b20-12+. The number of halogens is 1.